The molecule has 6 rings (SSSR count). The number of hydrogen-bond acceptors (Lipinski definition) is 8. The number of rotatable bonds is 15. The predicted octanol–water partition coefficient (Wildman–Crippen LogP) is 4.63. The Morgan fingerprint density at radius 3 is 2.09 bits per heavy atom. The van der Waals surface area contributed by atoms with E-state index < -0.39 is 58.8 Å². The average molecular weight is 653 g/mol. The smallest absolute Gasteiger partial charge is 0.237 e. The van der Waals surface area contributed by atoms with Crippen molar-refractivity contribution in [2.45, 2.75) is 141 Å². The van der Waals surface area contributed by atoms with E-state index in [4.69, 9.17) is 11.5 Å². The zero-order valence-electron chi connectivity index (χ0n) is 29.1. The molecule has 7 N–H and O–H groups in total. The maximum absolute atomic E-state index is 15.4. The van der Waals surface area contributed by atoms with Gasteiger partial charge in [-0.25, -0.2) is 0 Å². The first-order valence-electron chi connectivity index (χ1n) is 18.5. The molecular weight excluding hydrogens is 592 g/mol. The van der Waals surface area contributed by atoms with Crippen molar-refractivity contribution >= 4 is 17.5 Å². The first-order chi connectivity index (χ1) is 22.3. The molecule has 47 heavy (non-hydrogen) atoms. The fourth-order valence-electron chi connectivity index (χ4n) is 10.3. The zero-order chi connectivity index (χ0) is 34.1. The van der Waals surface area contributed by atoms with Gasteiger partial charge in [-0.1, -0.05) is 72.3 Å². The minimum absolute atomic E-state index is 0.153. The van der Waals surface area contributed by atoms with Crippen LogP contribution in [0.2, 0.25) is 0 Å². The lowest BCUT2D eigenvalue weighted by atomic mass is 9.45. The van der Waals surface area contributed by atoms with E-state index in [1.807, 2.05) is 13.8 Å². The van der Waals surface area contributed by atoms with Crippen LogP contribution in [0.25, 0.3) is 0 Å². The van der Waals surface area contributed by atoms with Crippen LogP contribution in [0.15, 0.2) is 24.4 Å². The second kappa shape index (κ2) is 14.7. The van der Waals surface area contributed by atoms with Crippen LogP contribution in [-0.2, 0) is 14.4 Å². The van der Waals surface area contributed by atoms with Crippen LogP contribution in [-0.4, -0.2) is 57.0 Å². The van der Waals surface area contributed by atoms with Crippen LogP contribution in [0.1, 0.15) is 123 Å². The van der Waals surface area contributed by atoms with Crippen LogP contribution in [0.5, 0.6) is 0 Å². The van der Waals surface area contributed by atoms with Crippen LogP contribution in [0.3, 0.4) is 0 Å². The van der Waals surface area contributed by atoms with Gasteiger partial charge in [-0.15, -0.1) is 0 Å². The highest BCUT2D eigenvalue weighted by Crippen LogP contribution is 2.63. The summed E-state index contributed by atoms with van der Waals surface area (Å²) < 4.78 is 0. The van der Waals surface area contributed by atoms with E-state index in [-0.39, 0.29) is 11.7 Å². The maximum atomic E-state index is 15.4. The number of hydrogen-bond donors (Lipinski definition) is 5. The second-order valence-corrected chi connectivity index (χ2v) is 16.4. The predicted molar refractivity (Wildman–Crippen MR) is 182 cm³/mol. The summed E-state index contributed by atoms with van der Waals surface area (Å²) in [6.07, 6.45) is 10.3. The standard InChI is InChI=1S/C38H60N4O5/c1-5-23(4)30(40)33(44)31(29-13-9-10-14-41-29)42-36(47)38(22(2)3,34(45)32(43)28(39)18-24-11-7-6-8-12-24)35(46)37-19-25-15-26(20-37)17-27(16-25)21-37/h9-10,13-14,22-28,30-32,34,43,45H,5-8,11-12,15-21,39-40H2,1-4H3,(H,42,47)/t23-,25?,26?,27?,28-,30-,31?,32+,34-,37?,38+/m0/s1. The first kappa shape index (κ1) is 36.1. The van der Waals surface area contributed by atoms with Crippen molar-refractivity contribution in [3.8, 4) is 0 Å². The number of aromatic nitrogens is 1. The Kier molecular flexibility index (Phi) is 11.3. The molecule has 1 aromatic heterocycles. The van der Waals surface area contributed by atoms with E-state index in [0.717, 1.165) is 44.9 Å². The molecule has 7 atom stereocenters. The SMILES string of the molecule is CC[C@H](C)[C@H](N)C(=O)C(NC(=O)[C@](C(=O)C12CC3CC(CC(C3)C1)C2)(C(C)C)[C@@H](O)[C@H](O)[C@@H](N)CC1CCCCC1)c1ccccn1. The highest BCUT2D eigenvalue weighted by molar-refractivity contribution is 6.11. The third kappa shape index (κ3) is 6.97. The molecular formula is C38H60N4O5. The van der Waals surface area contributed by atoms with Gasteiger partial charge in [-0.05, 0) is 92.6 Å². The van der Waals surface area contributed by atoms with E-state index >= 15 is 9.59 Å². The summed E-state index contributed by atoms with van der Waals surface area (Å²) in [6.45, 7) is 7.38. The molecule has 5 fully saturated rings. The molecule has 5 aliphatic carbocycles. The van der Waals surface area contributed by atoms with Crippen molar-refractivity contribution in [2.24, 2.45) is 57.8 Å². The first-order valence-corrected chi connectivity index (χ1v) is 18.5. The minimum Gasteiger partial charge on any atom is -0.389 e. The summed E-state index contributed by atoms with van der Waals surface area (Å²) in [6, 6.07) is 2.21. The van der Waals surface area contributed by atoms with E-state index in [2.05, 4.69) is 10.3 Å². The fraction of sp³-hybridized carbons (Fsp3) is 0.789. The Morgan fingerprint density at radius 1 is 0.979 bits per heavy atom. The lowest BCUT2D eigenvalue weighted by Crippen LogP contribution is -2.68. The summed E-state index contributed by atoms with van der Waals surface area (Å²) in [5, 5.41) is 27.1. The van der Waals surface area contributed by atoms with Crippen molar-refractivity contribution in [3.05, 3.63) is 30.1 Å². The minimum atomic E-state index is -2.04. The van der Waals surface area contributed by atoms with Crippen LogP contribution in [0, 0.1) is 46.3 Å². The van der Waals surface area contributed by atoms with Crippen molar-refractivity contribution in [1.82, 2.24) is 10.3 Å². The third-order valence-corrected chi connectivity index (χ3v) is 12.9. The van der Waals surface area contributed by atoms with E-state index in [1.165, 1.54) is 6.42 Å². The van der Waals surface area contributed by atoms with E-state index in [0.29, 0.717) is 61.5 Å². The second-order valence-electron chi connectivity index (χ2n) is 16.4. The molecule has 0 saturated heterocycles. The van der Waals surface area contributed by atoms with Crippen LogP contribution >= 0.6 is 0 Å². The van der Waals surface area contributed by atoms with Crippen molar-refractivity contribution in [2.75, 3.05) is 0 Å². The molecule has 1 heterocycles. The summed E-state index contributed by atoms with van der Waals surface area (Å²) in [7, 11) is 0. The average Bonchev–Trinajstić information content (AvgIpc) is 3.06. The van der Waals surface area contributed by atoms with Gasteiger partial charge in [0.15, 0.2) is 11.6 Å². The quantitative estimate of drug-likeness (QED) is 0.171. The number of nitrogens with two attached hydrogens (primary N) is 2. The van der Waals surface area contributed by atoms with E-state index in [9.17, 15) is 15.0 Å². The molecule has 1 aromatic rings. The highest BCUT2D eigenvalue weighted by Gasteiger charge is 2.65. The van der Waals surface area contributed by atoms with Crippen molar-refractivity contribution in [3.63, 3.8) is 0 Å². The Hall–Kier alpha value is -2.20. The van der Waals surface area contributed by atoms with Gasteiger partial charge < -0.3 is 27.0 Å². The molecule has 0 aromatic carbocycles. The Labute approximate surface area is 281 Å². The lowest BCUT2D eigenvalue weighted by molar-refractivity contribution is -0.180. The number of aliphatic hydroxyl groups excluding tert-OH is 2. The summed E-state index contributed by atoms with van der Waals surface area (Å²) >= 11 is 0. The normalized spacial score (nSPS) is 31.0. The Balaban J connectivity index is 1.55. The summed E-state index contributed by atoms with van der Waals surface area (Å²) in [4.78, 5) is 48.9. The molecule has 0 radical (unpaired) electrons. The van der Waals surface area contributed by atoms with Crippen molar-refractivity contribution in [1.29, 1.82) is 0 Å². The maximum Gasteiger partial charge on any atom is 0.237 e. The number of amides is 1. The van der Waals surface area contributed by atoms with Gasteiger partial charge in [0.05, 0.1) is 17.8 Å². The van der Waals surface area contributed by atoms with Gasteiger partial charge in [0, 0.05) is 17.7 Å². The Morgan fingerprint density at radius 2 is 1.57 bits per heavy atom. The lowest BCUT2D eigenvalue weighted by Gasteiger charge is -2.58. The highest BCUT2D eigenvalue weighted by atomic mass is 16.3. The molecule has 0 aliphatic heterocycles. The number of ketones is 2. The fourth-order valence-corrected chi connectivity index (χ4v) is 10.3. The van der Waals surface area contributed by atoms with Gasteiger partial charge in [0.1, 0.15) is 17.6 Å². The number of nitrogens with zero attached hydrogens (tertiary/aromatic N) is 1. The Bertz CT molecular complexity index is 1210. The molecule has 4 bridgehead atoms. The molecule has 1 amide bonds. The zero-order valence-corrected chi connectivity index (χ0v) is 29.1. The molecule has 9 heteroatoms. The molecule has 5 saturated carbocycles. The molecule has 5 aliphatic rings. The molecule has 262 valence electrons. The van der Waals surface area contributed by atoms with E-state index in [1.54, 1.807) is 38.2 Å². The third-order valence-electron chi connectivity index (χ3n) is 12.9. The molecule has 9 nitrogen and oxygen atoms in total. The summed E-state index contributed by atoms with van der Waals surface area (Å²) in [5.74, 6) is -0.723. The van der Waals surface area contributed by atoms with Crippen LogP contribution < -0.4 is 16.8 Å². The number of carbonyl (C=O) groups is 3. The number of nitrogens with one attached hydrogen (secondary N) is 1. The summed E-state index contributed by atoms with van der Waals surface area (Å²) in [5.41, 5.74) is 10.6. The molecule has 1 unspecified atom stereocenters. The number of aliphatic hydroxyl groups is 2. The number of Topliss-reactive ketones (excluding diaryl/α,β-unsaturated/α-hetero) is 2. The van der Waals surface area contributed by atoms with Gasteiger partial charge in [-0.3, -0.25) is 19.4 Å². The van der Waals surface area contributed by atoms with Gasteiger partial charge in [-0.2, -0.15) is 0 Å². The van der Waals surface area contributed by atoms with Crippen LogP contribution in [0.4, 0.5) is 0 Å². The monoisotopic (exact) mass is 652 g/mol. The largest absolute Gasteiger partial charge is 0.389 e. The number of pyridine rings is 1. The van der Waals surface area contributed by atoms with Gasteiger partial charge in [0.25, 0.3) is 0 Å². The molecule has 0 spiro atoms. The van der Waals surface area contributed by atoms with Gasteiger partial charge in [0.2, 0.25) is 5.91 Å². The van der Waals surface area contributed by atoms with Crippen molar-refractivity contribution < 1.29 is 24.6 Å². The topological polar surface area (TPSA) is 169 Å². The van der Waals surface area contributed by atoms with Gasteiger partial charge >= 0.3 is 0 Å². The number of carbonyl (C=O) groups excluding carboxylic acids is 3.